The lowest BCUT2D eigenvalue weighted by Gasteiger charge is -2.20. The molecule has 0 saturated carbocycles. The van der Waals surface area contributed by atoms with E-state index in [1.165, 1.54) is 0 Å². The Balaban J connectivity index is 2.65. The number of carbonyl (C=O) groups excluding carboxylic acids is 1. The van der Waals surface area contributed by atoms with Crippen molar-refractivity contribution in [2.45, 2.75) is 46.1 Å². The first-order valence-electron chi connectivity index (χ1n) is 7.71. The van der Waals surface area contributed by atoms with E-state index in [-0.39, 0.29) is 18.2 Å². The van der Waals surface area contributed by atoms with Gasteiger partial charge >= 0.3 is 5.97 Å². The zero-order valence-corrected chi connectivity index (χ0v) is 13.5. The third-order valence-electron chi connectivity index (χ3n) is 3.53. The van der Waals surface area contributed by atoms with Gasteiger partial charge in [0, 0.05) is 0 Å². The Morgan fingerprint density at radius 1 is 1.32 bits per heavy atom. The minimum atomic E-state index is -0.997. The summed E-state index contributed by atoms with van der Waals surface area (Å²) in [5, 5.41) is 11.8. The first-order valence-corrected chi connectivity index (χ1v) is 7.71. The predicted octanol–water partition coefficient (Wildman–Crippen LogP) is 2.63. The summed E-state index contributed by atoms with van der Waals surface area (Å²) in [5.41, 5.74) is 0.805. The van der Waals surface area contributed by atoms with E-state index in [1.807, 2.05) is 45.0 Å². The molecule has 1 aromatic rings. The largest absolute Gasteiger partial charge is 0.494 e. The number of carbonyl (C=O) groups is 2. The first-order chi connectivity index (χ1) is 10.5. The monoisotopic (exact) mass is 307 g/mol. The van der Waals surface area contributed by atoms with Gasteiger partial charge in [-0.05, 0) is 30.0 Å². The van der Waals surface area contributed by atoms with Crippen molar-refractivity contribution in [3.05, 3.63) is 29.8 Å². The number of benzene rings is 1. The first kappa shape index (κ1) is 18.0. The van der Waals surface area contributed by atoms with Gasteiger partial charge in [0.05, 0.1) is 13.0 Å². The lowest BCUT2D eigenvalue weighted by atomic mass is 9.99. The van der Waals surface area contributed by atoms with E-state index in [9.17, 15) is 14.7 Å². The van der Waals surface area contributed by atoms with Crippen LogP contribution in [0.5, 0.6) is 5.75 Å². The molecule has 0 aliphatic carbocycles. The quantitative estimate of drug-likeness (QED) is 0.735. The molecule has 2 N–H and O–H groups in total. The summed E-state index contributed by atoms with van der Waals surface area (Å²) in [5.74, 6) is -0.674. The summed E-state index contributed by atoms with van der Waals surface area (Å²) in [7, 11) is 0. The smallest absolute Gasteiger partial charge is 0.326 e. The maximum absolute atomic E-state index is 12.1. The van der Waals surface area contributed by atoms with Crippen LogP contribution in [0.15, 0.2) is 24.3 Å². The van der Waals surface area contributed by atoms with Crippen LogP contribution in [0.25, 0.3) is 0 Å². The van der Waals surface area contributed by atoms with Gasteiger partial charge in [0.15, 0.2) is 0 Å². The van der Waals surface area contributed by atoms with Gasteiger partial charge in [0.2, 0.25) is 5.91 Å². The Morgan fingerprint density at radius 2 is 2.05 bits per heavy atom. The van der Waals surface area contributed by atoms with Crippen molar-refractivity contribution in [1.82, 2.24) is 5.32 Å². The SMILES string of the molecule is CCCOc1cccc(CC(=O)NC(C(=O)O)C(C)CC)c1. The van der Waals surface area contributed by atoms with Crippen molar-refractivity contribution in [1.29, 1.82) is 0 Å². The number of amides is 1. The second kappa shape index (κ2) is 9.07. The van der Waals surface area contributed by atoms with Gasteiger partial charge in [0.1, 0.15) is 11.8 Å². The van der Waals surface area contributed by atoms with Crippen molar-refractivity contribution in [3.8, 4) is 5.75 Å². The molecule has 0 bridgehead atoms. The number of aliphatic carboxylic acids is 1. The van der Waals surface area contributed by atoms with Gasteiger partial charge < -0.3 is 15.2 Å². The van der Waals surface area contributed by atoms with Crippen molar-refractivity contribution < 1.29 is 19.4 Å². The van der Waals surface area contributed by atoms with Crippen LogP contribution in [0.2, 0.25) is 0 Å². The Morgan fingerprint density at radius 3 is 2.64 bits per heavy atom. The molecule has 1 amide bonds. The number of ether oxygens (including phenoxy) is 1. The normalized spacial score (nSPS) is 13.2. The van der Waals surface area contributed by atoms with Gasteiger partial charge in [-0.2, -0.15) is 0 Å². The van der Waals surface area contributed by atoms with Crippen LogP contribution in [-0.4, -0.2) is 29.6 Å². The molecule has 1 aromatic carbocycles. The van der Waals surface area contributed by atoms with E-state index in [4.69, 9.17) is 4.74 Å². The summed E-state index contributed by atoms with van der Waals surface area (Å²) >= 11 is 0. The fourth-order valence-electron chi connectivity index (χ4n) is 2.06. The van der Waals surface area contributed by atoms with Crippen LogP contribution in [-0.2, 0) is 16.0 Å². The molecule has 0 fully saturated rings. The maximum Gasteiger partial charge on any atom is 0.326 e. The average molecular weight is 307 g/mol. The molecule has 0 saturated heterocycles. The molecule has 0 aliphatic rings. The lowest BCUT2D eigenvalue weighted by Crippen LogP contribution is -2.45. The van der Waals surface area contributed by atoms with Gasteiger partial charge in [-0.25, -0.2) is 4.79 Å². The van der Waals surface area contributed by atoms with E-state index in [0.29, 0.717) is 13.0 Å². The highest BCUT2D eigenvalue weighted by molar-refractivity contribution is 5.85. The molecule has 22 heavy (non-hydrogen) atoms. The molecule has 2 unspecified atom stereocenters. The Bertz CT molecular complexity index is 501. The number of carboxylic acid groups (broad SMARTS) is 1. The van der Waals surface area contributed by atoms with Crippen molar-refractivity contribution in [2.75, 3.05) is 6.61 Å². The van der Waals surface area contributed by atoms with Gasteiger partial charge in [-0.1, -0.05) is 39.3 Å². The third-order valence-corrected chi connectivity index (χ3v) is 3.53. The van der Waals surface area contributed by atoms with Gasteiger partial charge in [-0.3, -0.25) is 4.79 Å². The van der Waals surface area contributed by atoms with Crippen molar-refractivity contribution in [3.63, 3.8) is 0 Å². The zero-order valence-electron chi connectivity index (χ0n) is 13.5. The maximum atomic E-state index is 12.1. The topological polar surface area (TPSA) is 75.6 Å². The number of carboxylic acids is 1. The zero-order chi connectivity index (χ0) is 16.5. The molecule has 0 spiro atoms. The number of hydrogen-bond acceptors (Lipinski definition) is 3. The number of nitrogens with one attached hydrogen (secondary N) is 1. The second-order valence-electron chi connectivity index (χ2n) is 5.44. The fraction of sp³-hybridized carbons (Fsp3) is 0.529. The molecule has 122 valence electrons. The van der Waals surface area contributed by atoms with Gasteiger partial charge in [0.25, 0.3) is 0 Å². The van der Waals surface area contributed by atoms with E-state index >= 15 is 0 Å². The van der Waals surface area contributed by atoms with E-state index in [1.54, 1.807) is 0 Å². The standard InChI is InChI=1S/C17H25NO4/c1-4-9-22-14-8-6-7-13(10-14)11-15(19)18-16(17(20)21)12(3)5-2/h6-8,10,12,16H,4-5,9,11H2,1-3H3,(H,18,19)(H,20,21). The number of rotatable bonds is 9. The summed E-state index contributed by atoms with van der Waals surface area (Å²) in [6, 6.07) is 6.47. The molecule has 2 atom stereocenters. The van der Waals surface area contributed by atoms with Gasteiger partial charge in [-0.15, -0.1) is 0 Å². The Hall–Kier alpha value is -2.04. The molecule has 0 heterocycles. The minimum Gasteiger partial charge on any atom is -0.494 e. The molecule has 0 aromatic heterocycles. The Kier molecular flexibility index (Phi) is 7.43. The van der Waals surface area contributed by atoms with Crippen LogP contribution in [0.4, 0.5) is 0 Å². The van der Waals surface area contributed by atoms with E-state index in [0.717, 1.165) is 17.7 Å². The molecule has 1 rings (SSSR count). The highest BCUT2D eigenvalue weighted by Gasteiger charge is 2.25. The van der Waals surface area contributed by atoms with Crippen LogP contribution in [0.3, 0.4) is 0 Å². The third kappa shape index (κ3) is 5.76. The van der Waals surface area contributed by atoms with Crippen molar-refractivity contribution >= 4 is 11.9 Å². The summed E-state index contributed by atoms with van der Waals surface area (Å²) in [6.45, 7) is 6.38. The van der Waals surface area contributed by atoms with E-state index < -0.39 is 12.0 Å². The van der Waals surface area contributed by atoms with Crippen LogP contribution < -0.4 is 10.1 Å². The summed E-state index contributed by atoms with van der Waals surface area (Å²) < 4.78 is 5.53. The molecule has 0 radical (unpaired) electrons. The van der Waals surface area contributed by atoms with Crippen molar-refractivity contribution in [2.24, 2.45) is 5.92 Å². The van der Waals surface area contributed by atoms with Crippen LogP contribution >= 0.6 is 0 Å². The number of hydrogen-bond donors (Lipinski definition) is 2. The average Bonchev–Trinajstić information content (AvgIpc) is 2.50. The lowest BCUT2D eigenvalue weighted by molar-refractivity contribution is -0.143. The second-order valence-corrected chi connectivity index (χ2v) is 5.44. The summed E-state index contributed by atoms with van der Waals surface area (Å²) in [6.07, 6.45) is 1.75. The van der Waals surface area contributed by atoms with Crippen LogP contribution in [0, 0.1) is 5.92 Å². The fourth-order valence-corrected chi connectivity index (χ4v) is 2.06. The molecular formula is C17H25NO4. The highest BCUT2D eigenvalue weighted by Crippen LogP contribution is 2.14. The molecular weight excluding hydrogens is 282 g/mol. The molecule has 5 nitrogen and oxygen atoms in total. The molecule has 5 heteroatoms. The van der Waals surface area contributed by atoms with Crippen LogP contribution in [0.1, 0.15) is 39.2 Å². The van der Waals surface area contributed by atoms with E-state index in [2.05, 4.69) is 5.32 Å². The summed E-state index contributed by atoms with van der Waals surface area (Å²) in [4.78, 5) is 23.3. The predicted molar refractivity (Wildman–Crippen MR) is 85.0 cm³/mol. The molecule has 0 aliphatic heterocycles. The minimum absolute atomic E-state index is 0.110. The highest BCUT2D eigenvalue weighted by atomic mass is 16.5. The Labute approximate surface area is 131 Å².